The summed E-state index contributed by atoms with van der Waals surface area (Å²) in [6.07, 6.45) is 3.45. The Kier molecular flexibility index (Phi) is 7.73. The fourth-order valence-electron chi connectivity index (χ4n) is 2.27. The van der Waals surface area contributed by atoms with Crippen molar-refractivity contribution in [2.24, 2.45) is 0 Å². The van der Waals surface area contributed by atoms with Crippen molar-refractivity contribution in [2.75, 3.05) is 6.61 Å². The number of rotatable bonds is 8. The first-order valence-electron chi connectivity index (χ1n) is 8.50. The van der Waals surface area contributed by atoms with Crippen molar-refractivity contribution < 1.29 is 9.53 Å². The first-order valence-corrected chi connectivity index (χ1v) is 8.88. The SMILES string of the molecule is CCCCOc1ccc(Cl)cc1/C=C(\C#N)C(=O)NCc1ccccc1. The van der Waals surface area contributed by atoms with Crippen LogP contribution >= 0.6 is 11.6 Å². The third-order valence-corrected chi connectivity index (χ3v) is 3.92. The third kappa shape index (κ3) is 5.94. The fourth-order valence-corrected chi connectivity index (χ4v) is 2.45. The summed E-state index contributed by atoms with van der Waals surface area (Å²) >= 11 is 6.06. The smallest absolute Gasteiger partial charge is 0.262 e. The fraction of sp³-hybridized carbons (Fsp3) is 0.238. The van der Waals surface area contributed by atoms with Crippen LogP contribution in [0.5, 0.6) is 5.75 Å². The van der Waals surface area contributed by atoms with Gasteiger partial charge in [0.25, 0.3) is 5.91 Å². The summed E-state index contributed by atoms with van der Waals surface area (Å²) in [5, 5.41) is 12.6. The Balaban J connectivity index is 2.15. The molecular formula is C21H21ClN2O2. The molecule has 0 heterocycles. The zero-order chi connectivity index (χ0) is 18.8. The van der Waals surface area contributed by atoms with E-state index in [4.69, 9.17) is 16.3 Å². The Morgan fingerprint density at radius 2 is 2.04 bits per heavy atom. The van der Waals surface area contributed by atoms with Gasteiger partial charge in [0.15, 0.2) is 0 Å². The quantitative estimate of drug-likeness (QED) is 0.415. The molecule has 0 aliphatic rings. The van der Waals surface area contributed by atoms with E-state index in [0.29, 0.717) is 29.5 Å². The predicted octanol–water partition coefficient (Wildman–Crippen LogP) is 4.74. The van der Waals surface area contributed by atoms with Crippen molar-refractivity contribution in [1.82, 2.24) is 5.32 Å². The van der Waals surface area contributed by atoms with Gasteiger partial charge in [-0.25, -0.2) is 0 Å². The number of nitriles is 1. The van der Waals surface area contributed by atoms with Gasteiger partial charge in [-0.3, -0.25) is 4.79 Å². The maximum absolute atomic E-state index is 12.3. The molecule has 0 spiro atoms. The van der Waals surface area contributed by atoms with E-state index in [-0.39, 0.29) is 5.57 Å². The predicted molar refractivity (Wildman–Crippen MR) is 104 cm³/mol. The summed E-state index contributed by atoms with van der Waals surface area (Å²) in [6.45, 7) is 3.01. The van der Waals surface area contributed by atoms with Gasteiger partial charge in [0.1, 0.15) is 17.4 Å². The summed E-state index contributed by atoms with van der Waals surface area (Å²) in [4.78, 5) is 12.3. The molecule has 2 rings (SSSR count). The number of halogens is 1. The number of unbranched alkanes of at least 4 members (excludes halogenated alkanes) is 1. The second-order valence-electron chi connectivity index (χ2n) is 5.72. The molecule has 0 atom stereocenters. The van der Waals surface area contributed by atoms with Crippen molar-refractivity contribution in [2.45, 2.75) is 26.3 Å². The molecule has 0 saturated heterocycles. The Morgan fingerprint density at radius 1 is 1.27 bits per heavy atom. The summed E-state index contributed by atoms with van der Waals surface area (Å²) in [5.74, 6) is 0.169. The van der Waals surface area contributed by atoms with Gasteiger partial charge in [-0.15, -0.1) is 0 Å². The molecule has 1 amide bonds. The van der Waals surface area contributed by atoms with E-state index >= 15 is 0 Å². The van der Waals surface area contributed by atoms with Crippen molar-refractivity contribution in [3.05, 3.63) is 70.3 Å². The van der Waals surface area contributed by atoms with Gasteiger partial charge in [0, 0.05) is 17.1 Å². The highest BCUT2D eigenvalue weighted by Crippen LogP contribution is 2.25. The maximum Gasteiger partial charge on any atom is 0.262 e. The van der Waals surface area contributed by atoms with E-state index in [9.17, 15) is 10.1 Å². The van der Waals surface area contributed by atoms with Crippen molar-refractivity contribution in [3.8, 4) is 11.8 Å². The summed E-state index contributed by atoms with van der Waals surface area (Å²) in [5.41, 5.74) is 1.58. The highest BCUT2D eigenvalue weighted by atomic mass is 35.5. The van der Waals surface area contributed by atoms with Gasteiger partial charge in [0.2, 0.25) is 0 Å². The summed E-state index contributed by atoms with van der Waals surface area (Å²) < 4.78 is 5.74. The van der Waals surface area contributed by atoms with Gasteiger partial charge < -0.3 is 10.1 Å². The van der Waals surface area contributed by atoms with E-state index in [2.05, 4.69) is 12.2 Å². The molecule has 2 aromatic rings. The van der Waals surface area contributed by atoms with Gasteiger partial charge in [-0.1, -0.05) is 55.3 Å². The standard InChI is InChI=1S/C21H21ClN2O2/c1-2-3-11-26-20-10-9-19(22)13-17(20)12-18(14-23)21(25)24-15-16-7-5-4-6-8-16/h4-10,12-13H,2-3,11,15H2,1H3,(H,24,25)/b18-12+. The van der Waals surface area contributed by atoms with E-state index in [1.807, 2.05) is 36.4 Å². The second-order valence-corrected chi connectivity index (χ2v) is 6.16. The number of benzene rings is 2. The van der Waals surface area contributed by atoms with Gasteiger partial charge in [0.05, 0.1) is 6.61 Å². The third-order valence-electron chi connectivity index (χ3n) is 3.69. The second kappa shape index (κ2) is 10.3. The largest absolute Gasteiger partial charge is 0.493 e. The highest BCUT2D eigenvalue weighted by molar-refractivity contribution is 6.30. The van der Waals surface area contributed by atoms with E-state index in [1.165, 1.54) is 6.08 Å². The van der Waals surface area contributed by atoms with Crippen LogP contribution in [0.4, 0.5) is 0 Å². The minimum Gasteiger partial charge on any atom is -0.493 e. The molecule has 5 heteroatoms. The molecule has 4 nitrogen and oxygen atoms in total. The molecule has 26 heavy (non-hydrogen) atoms. The van der Waals surface area contributed by atoms with Gasteiger partial charge in [-0.2, -0.15) is 5.26 Å². The van der Waals surface area contributed by atoms with Crippen LogP contribution in [0.2, 0.25) is 5.02 Å². The molecular weight excluding hydrogens is 348 g/mol. The lowest BCUT2D eigenvalue weighted by Gasteiger charge is -2.10. The average Bonchev–Trinajstić information content (AvgIpc) is 2.66. The van der Waals surface area contributed by atoms with Crippen molar-refractivity contribution >= 4 is 23.6 Å². The number of hydrogen-bond donors (Lipinski definition) is 1. The summed E-state index contributed by atoms with van der Waals surface area (Å²) in [7, 11) is 0. The molecule has 0 radical (unpaired) electrons. The molecule has 0 aromatic heterocycles. The molecule has 134 valence electrons. The van der Waals surface area contributed by atoms with E-state index in [0.717, 1.165) is 18.4 Å². The minimum atomic E-state index is -0.434. The van der Waals surface area contributed by atoms with Gasteiger partial charge >= 0.3 is 0 Å². The first-order chi connectivity index (χ1) is 12.6. The lowest BCUT2D eigenvalue weighted by atomic mass is 10.1. The van der Waals surface area contributed by atoms with Crippen LogP contribution in [0.1, 0.15) is 30.9 Å². The van der Waals surface area contributed by atoms with Crippen LogP contribution in [0.25, 0.3) is 6.08 Å². The van der Waals surface area contributed by atoms with E-state index in [1.54, 1.807) is 18.2 Å². The van der Waals surface area contributed by atoms with Crippen LogP contribution in [-0.2, 0) is 11.3 Å². The molecule has 2 aromatic carbocycles. The number of carbonyl (C=O) groups is 1. The van der Waals surface area contributed by atoms with Crippen LogP contribution in [0, 0.1) is 11.3 Å². The molecule has 0 bridgehead atoms. The Morgan fingerprint density at radius 3 is 2.73 bits per heavy atom. The normalized spacial score (nSPS) is 10.9. The zero-order valence-electron chi connectivity index (χ0n) is 14.7. The highest BCUT2D eigenvalue weighted by Gasteiger charge is 2.11. The monoisotopic (exact) mass is 368 g/mol. The molecule has 0 aliphatic heterocycles. The van der Waals surface area contributed by atoms with Crippen LogP contribution in [0.3, 0.4) is 0 Å². The number of nitrogens with one attached hydrogen (secondary N) is 1. The van der Waals surface area contributed by atoms with Crippen molar-refractivity contribution in [1.29, 1.82) is 5.26 Å². The summed E-state index contributed by atoms with van der Waals surface area (Å²) in [6, 6.07) is 16.6. The van der Waals surface area contributed by atoms with Crippen LogP contribution < -0.4 is 10.1 Å². The number of nitrogens with zero attached hydrogens (tertiary/aromatic N) is 1. The molecule has 1 N–H and O–H groups in total. The number of carbonyl (C=O) groups excluding carboxylic acids is 1. The van der Waals surface area contributed by atoms with Crippen LogP contribution in [-0.4, -0.2) is 12.5 Å². The molecule has 0 saturated carbocycles. The Bertz CT molecular complexity index is 811. The zero-order valence-corrected chi connectivity index (χ0v) is 15.4. The first kappa shape index (κ1) is 19.6. The average molecular weight is 369 g/mol. The molecule has 0 fully saturated rings. The Hall–Kier alpha value is -2.77. The minimum absolute atomic E-state index is 0.00328. The number of ether oxygens (including phenoxy) is 1. The Labute approximate surface area is 159 Å². The maximum atomic E-state index is 12.3. The van der Waals surface area contributed by atoms with Crippen LogP contribution in [0.15, 0.2) is 54.1 Å². The van der Waals surface area contributed by atoms with Crippen molar-refractivity contribution in [3.63, 3.8) is 0 Å². The van der Waals surface area contributed by atoms with E-state index < -0.39 is 5.91 Å². The molecule has 0 unspecified atom stereocenters. The topological polar surface area (TPSA) is 62.1 Å². The van der Waals surface area contributed by atoms with Gasteiger partial charge in [-0.05, 0) is 36.3 Å². The molecule has 0 aliphatic carbocycles. The number of hydrogen-bond acceptors (Lipinski definition) is 3. The number of amides is 1. The lowest BCUT2D eigenvalue weighted by molar-refractivity contribution is -0.117. The lowest BCUT2D eigenvalue weighted by Crippen LogP contribution is -2.23.